The highest BCUT2D eigenvalue weighted by Gasteiger charge is 2.23. The second-order valence-corrected chi connectivity index (χ2v) is 8.47. The number of nitrogens with zero attached hydrogens (tertiary/aromatic N) is 2. The molecule has 0 atom stereocenters. The molecule has 160 valence electrons. The van der Waals surface area contributed by atoms with Crippen molar-refractivity contribution in [1.82, 2.24) is 9.97 Å². The maximum atomic E-state index is 12.7. The van der Waals surface area contributed by atoms with Crippen LogP contribution in [0.25, 0.3) is 11.3 Å². The average Bonchev–Trinajstić information content (AvgIpc) is 2.78. The van der Waals surface area contributed by atoms with Gasteiger partial charge in [-0.05, 0) is 60.9 Å². The van der Waals surface area contributed by atoms with E-state index >= 15 is 0 Å². The predicted octanol–water partition coefficient (Wildman–Crippen LogP) is 5.02. The summed E-state index contributed by atoms with van der Waals surface area (Å²) < 4.78 is 5.38. The van der Waals surface area contributed by atoms with Gasteiger partial charge in [-0.1, -0.05) is 44.2 Å². The van der Waals surface area contributed by atoms with E-state index in [2.05, 4.69) is 31.3 Å². The number of anilines is 1. The van der Waals surface area contributed by atoms with Crippen molar-refractivity contribution in [2.75, 3.05) is 12.4 Å². The van der Waals surface area contributed by atoms with Crippen LogP contribution in [-0.4, -0.2) is 23.0 Å². The molecule has 0 saturated carbocycles. The number of aryl methyl sites for hydroxylation is 3. The van der Waals surface area contributed by atoms with Crippen LogP contribution in [0.3, 0.4) is 0 Å². The molecular formula is C26H29N3O2. The highest BCUT2D eigenvalue weighted by Crippen LogP contribution is 2.35. The van der Waals surface area contributed by atoms with Crippen LogP contribution in [0.5, 0.6) is 5.75 Å². The minimum atomic E-state index is -0.0240. The van der Waals surface area contributed by atoms with E-state index in [1.54, 1.807) is 7.11 Å². The lowest BCUT2D eigenvalue weighted by Crippen LogP contribution is -2.19. The molecule has 0 saturated heterocycles. The van der Waals surface area contributed by atoms with E-state index in [1.807, 2.05) is 36.4 Å². The first-order valence-corrected chi connectivity index (χ1v) is 10.9. The molecule has 4 rings (SSSR count). The summed E-state index contributed by atoms with van der Waals surface area (Å²) in [6.07, 6.45) is 3.59. The maximum absolute atomic E-state index is 12.7. The number of amides is 1. The van der Waals surface area contributed by atoms with Crippen molar-refractivity contribution < 1.29 is 9.53 Å². The number of carbonyl (C=O) groups excluding carboxylic acids is 1. The zero-order chi connectivity index (χ0) is 21.8. The Balaban J connectivity index is 1.60. The topological polar surface area (TPSA) is 64.1 Å². The summed E-state index contributed by atoms with van der Waals surface area (Å²) in [5.74, 6) is 1.86. The van der Waals surface area contributed by atoms with Gasteiger partial charge in [0.25, 0.3) is 0 Å². The zero-order valence-corrected chi connectivity index (χ0v) is 18.4. The van der Waals surface area contributed by atoms with Crippen LogP contribution in [0.4, 0.5) is 5.82 Å². The molecule has 0 fully saturated rings. The number of benzene rings is 2. The Hall–Kier alpha value is -3.21. The molecule has 0 bridgehead atoms. The molecule has 0 radical (unpaired) electrons. The molecule has 2 aromatic carbocycles. The van der Waals surface area contributed by atoms with Gasteiger partial charge in [0.15, 0.2) is 5.82 Å². The van der Waals surface area contributed by atoms with E-state index in [0.717, 1.165) is 53.2 Å². The van der Waals surface area contributed by atoms with E-state index in [9.17, 15) is 4.79 Å². The van der Waals surface area contributed by atoms with E-state index in [4.69, 9.17) is 14.7 Å². The van der Waals surface area contributed by atoms with Crippen molar-refractivity contribution in [3.8, 4) is 17.0 Å². The number of hydrogen-bond acceptors (Lipinski definition) is 4. The molecule has 1 aromatic heterocycles. The summed E-state index contributed by atoms with van der Waals surface area (Å²) >= 11 is 0. The lowest BCUT2D eigenvalue weighted by Gasteiger charge is -2.22. The Bertz CT molecular complexity index is 1080. The molecular weight excluding hydrogens is 386 g/mol. The Kier molecular flexibility index (Phi) is 6.31. The number of carbonyl (C=O) groups is 1. The van der Waals surface area contributed by atoms with Gasteiger partial charge in [-0.25, -0.2) is 9.97 Å². The lowest BCUT2D eigenvalue weighted by atomic mass is 9.91. The second kappa shape index (κ2) is 9.29. The van der Waals surface area contributed by atoms with Crippen molar-refractivity contribution in [3.63, 3.8) is 0 Å². The van der Waals surface area contributed by atoms with Gasteiger partial charge in [0.1, 0.15) is 5.75 Å². The average molecular weight is 416 g/mol. The third kappa shape index (κ3) is 4.93. The monoisotopic (exact) mass is 415 g/mol. The van der Waals surface area contributed by atoms with Crippen molar-refractivity contribution in [3.05, 3.63) is 71.0 Å². The fraction of sp³-hybridized carbons (Fsp3) is 0.346. The van der Waals surface area contributed by atoms with Crippen LogP contribution in [0.1, 0.15) is 42.8 Å². The first-order chi connectivity index (χ1) is 15.0. The largest absolute Gasteiger partial charge is 0.497 e. The molecule has 1 aliphatic carbocycles. The summed E-state index contributed by atoms with van der Waals surface area (Å²) in [6, 6.07) is 16.2. The van der Waals surface area contributed by atoms with Crippen LogP contribution in [0.2, 0.25) is 0 Å². The van der Waals surface area contributed by atoms with Crippen molar-refractivity contribution in [2.24, 2.45) is 5.92 Å². The quantitative estimate of drug-likeness (QED) is 0.588. The first-order valence-electron chi connectivity index (χ1n) is 10.9. The second-order valence-electron chi connectivity index (χ2n) is 8.47. The van der Waals surface area contributed by atoms with E-state index in [-0.39, 0.29) is 5.91 Å². The number of ether oxygens (including phenoxy) is 1. The number of fused-ring (bicyclic) bond motifs is 3. The molecule has 5 heteroatoms. The van der Waals surface area contributed by atoms with Gasteiger partial charge < -0.3 is 10.1 Å². The normalized spacial score (nSPS) is 12.3. The molecule has 5 nitrogen and oxygen atoms in total. The fourth-order valence-corrected chi connectivity index (χ4v) is 4.01. The molecule has 1 heterocycles. The Morgan fingerprint density at radius 1 is 1.10 bits per heavy atom. The van der Waals surface area contributed by atoms with Gasteiger partial charge in [0.05, 0.1) is 24.2 Å². The van der Waals surface area contributed by atoms with Crippen LogP contribution in [0, 0.1) is 5.92 Å². The van der Waals surface area contributed by atoms with Crippen LogP contribution in [0.15, 0.2) is 48.5 Å². The molecule has 31 heavy (non-hydrogen) atoms. The van der Waals surface area contributed by atoms with E-state index < -0.39 is 0 Å². The molecule has 1 amide bonds. The van der Waals surface area contributed by atoms with Gasteiger partial charge >= 0.3 is 0 Å². The highest BCUT2D eigenvalue weighted by atomic mass is 16.5. The summed E-state index contributed by atoms with van der Waals surface area (Å²) in [7, 11) is 1.69. The predicted molar refractivity (Wildman–Crippen MR) is 123 cm³/mol. The summed E-state index contributed by atoms with van der Waals surface area (Å²) in [6.45, 7) is 4.31. The molecule has 1 aliphatic rings. The first kappa shape index (κ1) is 21.0. The highest BCUT2D eigenvalue weighted by molar-refractivity contribution is 5.90. The van der Waals surface area contributed by atoms with Gasteiger partial charge in [0, 0.05) is 12.0 Å². The summed E-state index contributed by atoms with van der Waals surface area (Å²) in [5.41, 5.74) is 6.23. The smallest absolute Gasteiger partial charge is 0.225 e. The summed E-state index contributed by atoms with van der Waals surface area (Å²) in [5, 5.41) is 3.05. The third-order valence-corrected chi connectivity index (χ3v) is 5.58. The number of rotatable bonds is 7. The minimum Gasteiger partial charge on any atom is -0.497 e. The number of aromatic nitrogens is 2. The number of nitrogens with one attached hydrogen (secondary N) is 1. The van der Waals surface area contributed by atoms with E-state index in [0.29, 0.717) is 24.6 Å². The molecule has 3 aromatic rings. The third-order valence-electron chi connectivity index (χ3n) is 5.58. The molecule has 0 aliphatic heterocycles. The van der Waals surface area contributed by atoms with Crippen molar-refractivity contribution >= 4 is 11.7 Å². The van der Waals surface area contributed by atoms with Gasteiger partial charge in [-0.3, -0.25) is 4.79 Å². The van der Waals surface area contributed by atoms with Crippen molar-refractivity contribution in [1.29, 1.82) is 0 Å². The Morgan fingerprint density at radius 3 is 2.65 bits per heavy atom. The maximum Gasteiger partial charge on any atom is 0.225 e. The fourth-order valence-electron chi connectivity index (χ4n) is 4.01. The van der Waals surface area contributed by atoms with Crippen molar-refractivity contribution in [2.45, 2.75) is 46.0 Å². The molecule has 0 spiro atoms. The SMILES string of the molecule is COc1ccc2c(c1)CCc1nc(NC(=O)CCc3ccccc3)c(CC(C)C)nc1-2. The van der Waals surface area contributed by atoms with Crippen LogP contribution >= 0.6 is 0 Å². The Morgan fingerprint density at radius 2 is 1.90 bits per heavy atom. The molecule has 1 N–H and O–H groups in total. The number of hydrogen-bond donors (Lipinski definition) is 1. The van der Waals surface area contributed by atoms with E-state index in [1.165, 1.54) is 5.56 Å². The summed E-state index contributed by atoms with van der Waals surface area (Å²) in [4.78, 5) is 22.5. The Labute approximate surface area is 183 Å². The number of methoxy groups -OCH3 is 1. The van der Waals surface area contributed by atoms with Crippen LogP contribution in [-0.2, 0) is 30.5 Å². The zero-order valence-electron chi connectivity index (χ0n) is 18.4. The minimum absolute atomic E-state index is 0.0240. The standard InChI is InChI=1S/C26H29N3O2/c1-17(2)15-23-26(29-24(30)14-9-18-7-5-4-6-8-18)28-22-13-10-19-16-20(31-3)11-12-21(19)25(22)27-23/h4-8,11-12,16-17H,9-10,13-15H2,1-3H3,(H,28,29,30). The van der Waals surface area contributed by atoms with Gasteiger partial charge in [0.2, 0.25) is 5.91 Å². The van der Waals surface area contributed by atoms with Gasteiger partial charge in [-0.15, -0.1) is 0 Å². The van der Waals surface area contributed by atoms with Crippen LogP contribution < -0.4 is 10.1 Å². The van der Waals surface area contributed by atoms with Gasteiger partial charge in [-0.2, -0.15) is 0 Å². The lowest BCUT2D eigenvalue weighted by molar-refractivity contribution is -0.116. The molecule has 0 unspecified atom stereocenters.